The van der Waals surface area contributed by atoms with Crippen molar-refractivity contribution >= 4 is 53.4 Å². The quantitative estimate of drug-likeness (QED) is 0.557. The summed E-state index contributed by atoms with van der Waals surface area (Å²) in [5, 5.41) is 2.60. The SMILES string of the molecule is C[Si](C)(Cl)[Si](C)(C)[Si](Cl)(c1ccccc1)c1ccccc1. The zero-order valence-corrected chi connectivity index (χ0v) is 17.5. The summed E-state index contributed by atoms with van der Waals surface area (Å²) in [6.07, 6.45) is 0. The van der Waals surface area contributed by atoms with Crippen LogP contribution in [0.5, 0.6) is 0 Å². The lowest BCUT2D eigenvalue weighted by atomic mass is 10.4. The van der Waals surface area contributed by atoms with Crippen molar-refractivity contribution in [1.82, 2.24) is 0 Å². The molecule has 2 rings (SSSR count). The van der Waals surface area contributed by atoms with Crippen molar-refractivity contribution in [3.8, 4) is 0 Å². The molecule has 21 heavy (non-hydrogen) atoms. The van der Waals surface area contributed by atoms with Gasteiger partial charge >= 0.3 is 0 Å². The van der Waals surface area contributed by atoms with Crippen molar-refractivity contribution in [2.24, 2.45) is 0 Å². The van der Waals surface area contributed by atoms with Crippen LogP contribution < -0.4 is 10.4 Å². The molecule has 2 aromatic rings. The van der Waals surface area contributed by atoms with E-state index in [1.807, 2.05) is 0 Å². The molecule has 0 saturated heterocycles. The van der Waals surface area contributed by atoms with Gasteiger partial charge in [-0.25, -0.2) is 0 Å². The minimum atomic E-state index is -2.32. The molecular formula is C16H22Cl2Si3. The van der Waals surface area contributed by atoms with Crippen LogP contribution in [0.2, 0.25) is 26.2 Å². The number of benzene rings is 2. The van der Waals surface area contributed by atoms with Gasteiger partial charge in [-0.1, -0.05) is 86.9 Å². The van der Waals surface area contributed by atoms with Crippen LogP contribution >= 0.6 is 22.2 Å². The number of hydrogen-bond donors (Lipinski definition) is 0. The first-order valence-electron chi connectivity index (χ1n) is 7.20. The molecule has 0 heterocycles. The molecule has 0 aromatic heterocycles. The molecule has 0 unspecified atom stereocenters. The molecule has 0 atom stereocenters. The summed E-state index contributed by atoms with van der Waals surface area (Å²) < 4.78 is 0. The minimum absolute atomic E-state index is 1.30. The molecule has 0 saturated carbocycles. The first-order chi connectivity index (χ1) is 9.71. The van der Waals surface area contributed by atoms with Crippen LogP contribution in [0.1, 0.15) is 0 Å². The number of hydrogen-bond acceptors (Lipinski definition) is 0. The third-order valence-corrected chi connectivity index (χ3v) is 49.1. The highest BCUT2D eigenvalue weighted by Gasteiger charge is 2.58. The zero-order chi connectivity index (χ0) is 15.7. The lowest BCUT2D eigenvalue weighted by Crippen LogP contribution is -2.78. The fourth-order valence-corrected chi connectivity index (χ4v) is 36.6. The van der Waals surface area contributed by atoms with E-state index in [0.717, 1.165) is 0 Å². The molecule has 0 aliphatic rings. The molecule has 0 bridgehead atoms. The number of halogens is 2. The van der Waals surface area contributed by atoms with Gasteiger partial charge in [0.25, 0.3) is 0 Å². The van der Waals surface area contributed by atoms with Crippen LogP contribution in [0.4, 0.5) is 0 Å². The summed E-state index contributed by atoms with van der Waals surface area (Å²) >= 11 is 14.5. The van der Waals surface area contributed by atoms with Crippen molar-refractivity contribution in [2.45, 2.75) is 26.2 Å². The van der Waals surface area contributed by atoms with Crippen molar-refractivity contribution in [3.63, 3.8) is 0 Å². The van der Waals surface area contributed by atoms with Crippen LogP contribution in [0, 0.1) is 0 Å². The van der Waals surface area contributed by atoms with E-state index in [2.05, 4.69) is 86.9 Å². The lowest BCUT2D eigenvalue weighted by molar-refractivity contribution is 1.72. The van der Waals surface area contributed by atoms with Gasteiger partial charge in [0.2, 0.25) is 6.90 Å². The summed E-state index contributed by atoms with van der Waals surface area (Å²) in [6, 6.07) is 21.2. The van der Waals surface area contributed by atoms with E-state index in [1.54, 1.807) is 0 Å². The van der Waals surface area contributed by atoms with Crippen LogP contribution in [0.3, 0.4) is 0 Å². The summed E-state index contributed by atoms with van der Waals surface area (Å²) in [5.41, 5.74) is 0. The Labute approximate surface area is 140 Å². The molecule has 112 valence electrons. The van der Waals surface area contributed by atoms with Crippen molar-refractivity contribution < 1.29 is 0 Å². The third-order valence-electron chi connectivity index (χ3n) is 4.69. The lowest BCUT2D eigenvalue weighted by Gasteiger charge is -2.45. The predicted octanol–water partition coefficient (Wildman–Crippen LogP) is 4.29. The standard InChI is InChI=1S/C16H22Cl2Si3/c1-19(2,17)20(3,4)21(18,15-11-7-5-8-12-15)16-13-9-6-10-14-16/h5-14H,1-4H3. The van der Waals surface area contributed by atoms with E-state index >= 15 is 0 Å². The van der Waals surface area contributed by atoms with E-state index in [0.29, 0.717) is 0 Å². The molecule has 0 radical (unpaired) electrons. The van der Waals surface area contributed by atoms with Gasteiger partial charge in [-0.05, 0) is 10.4 Å². The highest BCUT2D eigenvalue weighted by molar-refractivity contribution is 7.88. The molecule has 0 nitrogen and oxygen atoms in total. The average molecular weight is 370 g/mol. The molecule has 2 aromatic carbocycles. The van der Waals surface area contributed by atoms with Crippen molar-refractivity contribution in [3.05, 3.63) is 60.7 Å². The second kappa shape index (κ2) is 6.05. The second-order valence-corrected chi connectivity index (χ2v) is 36.6. The summed E-state index contributed by atoms with van der Waals surface area (Å²) in [4.78, 5) is 0. The van der Waals surface area contributed by atoms with Gasteiger partial charge in [-0.2, -0.15) is 22.2 Å². The summed E-state index contributed by atoms with van der Waals surface area (Å²) in [5.74, 6) is 0. The monoisotopic (exact) mass is 368 g/mol. The van der Waals surface area contributed by atoms with Crippen LogP contribution in [0.15, 0.2) is 60.7 Å². The first kappa shape index (κ1) is 17.0. The Kier molecular flexibility index (Phi) is 4.91. The fraction of sp³-hybridized carbons (Fsp3) is 0.250. The molecule has 5 heteroatoms. The van der Waals surface area contributed by atoms with Gasteiger partial charge in [-0.3, -0.25) is 0 Å². The fourth-order valence-electron chi connectivity index (χ4n) is 2.63. The smallest absolute Gasteiger partial charge is 0.171 e. The van der Waals surface area contributed by atoms with Gasteiger partial charge < -0.3 is 0 Å². The largest absolute Gasteiger partial charge is 0.204 e. The van der Waals surface area contributed by atoms with E-state index < -0.39 is 20.9 Å². The summed E-state index contributed by atoms with van der Waals surface area (Å²) in [7, 11) is -1.83. The Bertz CT molecular complexity index is 552. The maximum absolute atomic E-state index is 7.52. The van der Waals surface area contributed by atoms with Gasteiger partial charge in [-0.15, -0.1) is 0 Å². The van der Waals surface area contributed by atoms with Crippen LogP contribution in [-0.4, -0.2) is 20.9 Å². The topological polar surface area (TPSA) is 0 Å². The maximum Gasteiger partial charge on any atom is 0.204 e. The maximum atomic E-state index is 7.52. The van der Waals surface area contributed by atoms with Gasteiger partial charge in [0.1, 0.15) is 6.90 Å². The Balaban J connectivity index is 2.73. The van der Waals surface area contributed by atoms with Crippen molar-refractivity contribution in [2.75, 3.05) is 0 Å². The molecule has 0 spiro atoms. The highest BCUT2D eigenvalue weighted by Crippen LogP contribution is 2.33. The molecule has 0 amide bonds. The zero-order valence-electron chi connectivity index (χ0n) is 13.0. The molecular weight excluding hydrogens is 347 g/mol. The van der Waals surface area contributed by atoms with E-state index in [1.165, 1.54) is 10.4 Å². The van der Waals surface area contributed by atoms with E-state index in [-0.39, 0.29) is 0 Å². The second-order valence-electron chi connectivity index (χ2n) is 6.49. The van der Waals surface area contributed by atoms with Gasteiger partial charge in [0.05, 0.1) is 7.11 Å². The predicted molar refractivity (Wildman–Crippen MR) is 105 cm³/mol. The Hall–Kier alpha value is -0.329. The van der Waals surface area contributed by atoms with Gasteiger partial charge in [0, 0.05) is 0 Å². The Morgan fingerprint density at radius 2 is 0.952 bits per heavy atom. The van der Waals surface area contributed by atoms with Gasteiger partial charge in [0.15, 0.2) is 0 Å². The van der Waals surface area contributed by atoms with Crippen LogP contribution in [0.25, 0.3) is 0 Å². The third kappa shape index (κ3) is 2.94. The van der Waals surface area contributed by atoms with Crippen molar-refractivity contribution in [1.29, 1.82) is 0 Å². The molecule has 0 fully saturated rings. The average Bonchev–Trinajstić information content (AvgIpc) is 2.47. The van der Waals surface area contributed by atoms with E-state index in [9.17, 15) is 0 Å². The first-order valence-corrected chi connectivity index (χ1v) is 19.2. The Morgan fingerprint density at radius 3 is 1.24 bits per heavy atom. The molecule has 0 aliphatic heterocycles. The van der Waals surface area contributed by atoms with E-state index in [4.69, 9.17) is 22.2 Å². The highest BCUT2D eigenvalue weighted by atomic mass is 35.6. The van der Waals surface area contributed by atoms with Crippen LogP contribution in [-0.2, 0) is 0 Å². The molecule has 0 N–H and O–H groups in total. The summed E-state index contributed by atoms with van der Waals surface area (Å²) in [6.45, 7) is 5.14. The Morgan fingerprint density at radius 1 is 0.619 bits per heavy atom. The number of rotatable bonds is 4. The normalized spacial score (nSPS) is 13.2. The minimum Gasteiger partial charge on any atom is -0.171 e. The molecule has 0 aliphatic carbocycles.